The lowest BCUT2D eigenvalue weighted by Gasteiger charge is -2.22. The van der Waals surface area contributed by atoms with Crippen LogP contribution in [0.15, 0.2) is 42.6 Å². The zero-order chi connectivity index (χ0) is 17.5. The zero-order valence-electron chi connectivity index (χ0n) is 13.8. The largest absolute Gasteiger partial charge is 0.329 e. The van der Waals surface area contributed by atoms with E-state index < -0.39 is 0 Å². The molecule has 126 valence electrons. The lowest BCUT2D eigenvalue weighted by atomic mass is 10.2. The van der Waals surface area contributed by atoms with Gasteiger partial charge in [-0.1, -0.05) is 36.7 Å². The molecule has 1 aromatic carbocycles. The number of pyridine rings is 1. The first-order chi connectivity index (χ1) is 11.5. The highest BCUT2D eigenvalue weighted by molar-refractivity contribution is 6.29. The van der Waals surface area contributed by atoms with Crippen LogP contribution >= 0.6 is 11.6 Å². The van der Waals surface area contributed by atoms with Gasteiger partial charge in [-0.3, -0.25) is 9.59 Å². The Bertz CT molecular complexity index is 716. The molecule has 0 spiro atoms. The van der Waals surface area contributed by atoms with Gasteiger partial charge in [-0.05, 0) is 37.1 Å². The third-order valence-electron chi connectivity index (χ3n) is 3.51. The molecule has 1 heterocycles. The van der Waals surface area contributed by atoms with E-state index >= 15 is 0 Å². The molecule has 0 fully saturated rings. The topological polar surface area (TPSA) is 62.3 Å². The molecule has 0 saturated carbocycles. The lowest BCUT2D eigenvalue weighted by Crippen LogP contribution is -2.38. The van der Waals surface area contributed by atoms with Gasteiger partial charge in [0.1, 0.15) is 11.7 Å². The van der Waals surface area contributed by atoms with Crippen molar-refractivity contribution in [2.45, 2.75) is 20.3 Å². The van der Waals surface area contributed by atoms with Crippen molar-refractivity contribution >= 4 is 29.1 Å². The van der Waals surface area contributed by atoms with Gasteiger partial charge < -0.3 is 10.2 Å². The summed E-state index contributed by atoms with van der Waals surface area (Å²) >= 11 is 5.75. The number of nitrogens with one attached hydrogen (secondary N) is 1. The Hall–Kier alpha value is -2.40. The average molecular weight is 346 g/mol. The Morgan fingerprint density at radius 2 is 1.96 bits per heavy atom. The molecule has 6 heteroatoms. The Kier molecular flexibility index (Phi) is 6.32. The molecule has 1 aromatic heterocycles. The Labute approximate surface area is 146 Å². The molecule has 0 radical (unpaired) electrons. The van der Waals surface area contributed by atoms with Crippen molar-refractivity contribution in [1.82, 2.24) is 9.88 Å². The van der Waals surface area contributed by atoms with Gasteiger partial charge in [-0.2, -0.15) is 0 Å². The second kappa shape index (κ2) is 8.45. The van der Waals surface area contributed by atoms with Gasteiger partial charge in [0.05, 0.1) is 5.56 Å². The van der Waals surface area contributed by atoms with E-state index in [2.05, 4.69) is 10.3 Å². The predicted molar refractivity (Wildman–Crippen MR) is 95.3 cm³/mol. The summed E-state index contributed by atoms with van der Waals surface area (Å²) in [7, 11) is 0. The monoisotopic (exact) mass is 345 g/mol. The molecule has 0 aliphatic rings. The number of aromatic nitrogens is 1. The molecule has 5 nitrogen and oxygen atoms in total. The van der Waals surface area contributed by atoms with E-state index in [1.54, 1.807) is 12.1 Å². The highest BCUT2D eigenvalue weighted by atomic mass is 35.5. The minimum atomic E-state index is -0.235. The number of para-hydroxylation sites is 1. The summed E-state index contributed by atoms with van der Waals surface area (Å²) in [5, 5.41) is 3.17. The quantitative estimate of drug-likeness (QED) is 0.814. The molecule has 0 aliphatic heterocycles. The van der Waals surface area contributed by atoms with Crippen LogP contribution < -0.4 is 5.32 Å². The first-order valence-corrected chi connectivity index (χ1v) is 8.15. The first-order valence-electron chi connectivity index (χ1n) is 7.77. The van der Waals surface area contributed by atoms with E-state index in [4.69, 9.17) is 11.6 Å². The molecule has 0 bridgehead atoms. The van der Waals surface area contributed by atoms with Crippen LogP contribution in [0.3, 0.4) is 0 Å². The van der Waals surface area contributed by atoms with Crippen LogP contribution in [0.4, 0.5) is 5.69 Å². The number of carbonyl (C=O) groups excluding carboxylic acids is 2. The van der Waals surface area contributed by atoms with Crippen molar-refractivity contribution < 1.29 is 9.59 Å². The average Bonchev–Trinajstić information content (AvgIpc) is 2.56. The first kappa shape index (κ1) is 17.9. The predicted octanol–water partition coefficient (Wildman–Crippen LogP) is 3.53. The Morgan fingerprint density at radius 3 is 2.58 bits per heavy atom. The van der Waals surface area contributed by atoms with Gasteiger partial charge in [-0.25, -0.2) is 4.98 Å². The Balaban J connectivity index is 2.07. The van der Waals surface area contributed by atoms with Gasteiger partial charge in [0, 0.05) is 18.4 Å². The smallest absolute Gasteiger partial charge is 0.255 e. The highest BCUT2D eigenvalue weighted by Gasteiger charge is 2.18. The van der Waals surface area contributed by atoms with Crippen molar-refractivity contribution in [3.63, 3.8) is 0 Å². The molecular weight excluding hydrogens is 326 g/mol. The molecular formula is C18H20ClN3O2. The van der Waals surface area contributed by atoms with Crippen molar-refractivity contribution in [3.8, 4) is 0 Å². The maximum atomic E-state index is 12.6. The molecule has 0 aliphatic carbocycles. The van der Waals surface area contributed by atoms with Crippen LogP contribution in [0.25, 0.3) is 0 Å². The van der Waals surface area contributed by atoms with Crippen LogP contribution in [-0.2, 0) is 4.79 Å². The summed E-state index contributed by atoms with van der Waals surface area (Å²) in [6.07, 6.45) is 2.18. The maximum absolute atomic E-state index is 12.6. The van der Waals surface area contributed by atoms with Crippen LogP contribution in [0, 0.1) is 6.92 Å². The van der Waals surface area contributed by atoms with Gasteiger partial charge >= 0.3 is 0 Å². The van der Waals surface area contributed by atoms with Crippen molar-refractivity contribution in [2.24, 2.45) is 0 Å². The van der Waals surface area contributed by atoms with Gasteiger partial charge in [0.25, 0.3) is 5.91 Å². The number of halogens is 1. The van der Waals surface area contributed by atoms with E-state index in [0.29, 0.717) is 17.3 Å². The van der Waals surface area contributed by atoms with Crippen LogP contribution in [0.2, 0.25) is 5.15 Å². The second-order valence-electron chi connectivity index (χ2n) is 5.46. The minimum absolute atomic E-state index is 0.0103. The fraction of sp³-hybridized carbons (Fsp3) is 0.278. The fourth-order valence-corrected chi connectivity index (χ4v) is 2.40. The van der Waals surface area contributed by atoms with E-state index in [9.17, 15) is 9.59 Å². The summed E-state index contributed by atoms with van der Waals surface area (Å²) in [5.74, 6) is -0.464. The summed E-state index contributed by atoms with van der Waals surface area (Å²) in [6.45, 7) is 4.36. The van der Waals surface area contributed by atoms with Gasteiger partial charge in [0.2, 0.25) is 5.91 Å². The van der Waals surface area contributed by atoms with E-state index in [1.807, 2.05) is 38.1 Å². The number of rotatable bonds is 6. The summed E-state index contributed by atoms with van der Waals surface area (Å²) in [4.78, 5) is 30.3. The lowest BCUT2D eigenvalue weighted by molar-refractivity contribution is -0.116. The van der Waals surface area contributed by atoms with Crippen molar-refractivity contribution in [2.75, 3.05) is 18.4 Å². The molecule has 1 N–H and O–H groups in total. The van der Waals surface area contributed by atoms with Gasteiger partial charge in [0.15, 0.2) is 0 Å². The molecule has 2 aromatic rings. The number of nitrogens with zero attached hydrogens (tertiary/aromatic N) is 2. The fourth-order valence-electron chi connectivity index (χ4n) is 2.28. The van der Waals surface area contributed by atoms with Crippen LogP contribution in [0.5, 0.6) is 0 Å². The number of hydrogen-bond donors (Lipinski definition) is 1. The number of carbonyl (C=O) groups is 2. The number of aryl methyl sites for hydroxylation is 1. The van der Waals surface area contributed by atoms with E-state index in [1.165, 1.54) is 11.1 Å². The molecule has 2 amide bonds. The molecule has 0 saturated heterocycles. The molecule has 2 rings (SSSR count). The van der Waals surface area contributed by atoms with E-state index in [0.717, 1.165) is 17.7 Å². The van der Waals surface area contributed by atoms with Crippen LogP contribution in [0.1, 0.15) is 29.3 Å². The van der Waals surface area contributed by atoms with Crippen LogP contribution in [-0.4, -0.2) is 34.8 Å². The Morgan fingerprint density at radius 1 is 1.21 bits per heavy atom. The molecule has 24 heavy (non-hydrogen) atoms. The third kappa shape index (κ3) is 4.80. The molecule has 0 atom stereocenters. The number of amides is 2. The SMILES string of the molecule is CCCN(CC(=O)Nc1ccccc1C)C(=O)c1ccc(Cl)nc1. The second-order valence-corrected chi connectivity index (χ2v) is 5.85. The summed E-state index contributed by atoms with van der Waals surface area (Å²) in [5.41, 5.74) is 2.14. The summed E-state index contributed by atoms with van der Waals surface area (Å²) < 4.78 is 0. The summed E-state index contributed by atoms with van der Waals surface area (Å²) in [6, 6.07) is 10.7. The third-order valence-corrected chi connectivity index (χ3v) is 3.73. The normalized spacial score (nSPS) is 10.3. The number of hydrogen-bond acceptors (Lipinski definition) is 3. The maximum Gasteiger partial charge on any atom is 0.255 e. The van der Waals surface area contributed by atoms with Crippen molar-refractivity contribution in [3.05, 3.63) is 58.9 Å². The minimum Gasteiger partial charge on any atom is -0.329 e. The van der Waals surface area contributed by atoms with E-state index in [-0.39, 0.29) is 18.4 Å². The van der Waals surface area contributed by atoms with Crippen molar-refractivity contribution in [1.29, 1.82) is 0 Å². The number of benzene rings is 1. The number of anilines is 1. The molecule has 0 unspecified atom stereocenters. The zero-order valence-corrected chi connectivity index (χ0v) is 14.5. The standard InChI is InChI=1S/C18H20ClN3O2/c1-3-10-22(18(24)14-8-9-16(19)20-11-14)12-17(23)21-15-7-5-4-6-13(15)2/h4-9,11H,3,10,12H2,1-2H3,(H,21,23). The highest BCUT2D eigenvalue weighted by Crippen LogP contribution is 2.14. The van der Waals surface area contributed by atoms with Gasteiger partial charge in [-0.15, -0.1) is 0 Å².